The fourth-order valence-corrected chi connectivity index (χ4v) is 2.73. The number of ether oxygens (including phenoxy) is 2. The molecule has 0 spiro atoms. The molecule has 0 radical (unpaired) electrons. The highest BCUT2D eigenvalue weighted by Crippen LogP contribution is 2.27. The Kier molecular flexibility index (Phi) is 8.55. The number of nitrogens with zero attached hydrogens (tertiary/aromatic N) is 2. The predicted octanol–water partition coefficient (Wildman–Crippen LogP) is 4.46. The molecule has 0 atom stereocenters. The molecule has 0 saturated heterocycles. The van der Waals surface area contributed by atoms with Crippen LogP contribution in [0.15, 0.2) is 58.7 Å². The van der Waals surface area contributed by atoms with E-state index in [-0.39, 0.29) is 0 Å². The minimum atomic E-state index is 0.427. The summed E-state index contributed by atoms with van der Waals surface area (Å²) < 4.78 is 11.1. The lowest BCUT2D eigenvalue weighted by molar-refractivity contribution is 0.288. The van der Waals surface area contributed by atoms with E-state index in [0.29, 0.717) is 17.5 Å². The third-order valence-electron chi connectivity index (χ3n) is 3.54. The fourth-order valence-electron chi connectivity index (χ4n) is 2.12. The number of rotatable bonds is 9. The molecule has 2 aromatic carbocycles. The van der Waals surface area contributed by atoms with Crippen molar-refractivity contribution in [3.05, 3.63) is 59.7 Å². The maximum atomic E-state index is 5.89. The number of unbranched alkanes of at least 4 members (excludes halogenated alkanes) is 1. The minimum absolute atomic E-state index is 0.427. The molecule has 0 saturated carbocycles. The van der Waals surface area contributed by atoms with Gasteiger partial charge in [0.15, 0.2) is 16.7 Å². The monoisotopic (exact) mass is 371 g/mol. The van der Waals surface area contributed by atoms with Crippen LogP contribution in [0.4, 0.5) is 0 Å². The van der Waals surface area contributed by atoms with E-state index in [9.17, 15) is 0 Å². The van der Waals surface area contributed by atoms with Crippen molar-refractivity contribution in [3.8, 4) is 11.5 Å². The van der Waals surface area contributed by atoms with Gasteiger partial charge in [0.25, 0.3) is 0 Å². The molecular weight excluding hydrogens is 346 g/mol. The highest BCUT2D eigenvalue weighted by atomic mass is 32.2. The summed E-state index contributed by atoms with van der Waals surface area (Å²) in [7, 11) is 1.62. The Labute approximate surface area is 159 Å². The molecule has 0 fully saturated rings. The second-order valence-electron chi connectivity index (χ2n) is 5.57. The van der Waals surface area contributed by atoms with Gasteiger partial charge in [-0.2, -0.15) is 5.10 Å². The highest BCUT2D eigenvalue weighted by molar-refractivity contribution is 8.13. The maximum absolute atomic E-state index is 5.89. The first-order chi connectivity index (χ1) is 12.7. The van der Waals surface area contributed by atoms with Crippen molar-refractivity contribution in [1.29, 1.82) is 0 Å². The zero-order valence-corrected chi connectivity index (χ0v) is 16.0. The van der Waals surface area contributed by atoms with Crippen LogP contribution in [-0.4, -0.2) is 25.1 Å². The average Bonchev–Trinajstić information content (AvgIpc) is 2.68. The number of amidine groups is 1. The molecule has 0 bridgehead atoms. The summed E-state index contributed by atoms with van der Waals surface area (Å²) in [6.45, 7) is 2.81. The van der Waals surface area contributed by atoms with Crippen molar-refractivity contribution in [3.63, 3.8) is 0 Å². The summed E-state index contributed by atoms with van der Waals surface area (Å²) in [5.41, 5.74) is 7.96. The lowest BCUT2D eigenvalue weighted by atomic mass is 10.2. The summed E-state index contributed by atoms with van der Waals surface area (Å²) in [4.78, 5) is 0. The largest absolute Gasteiger partial charge is 0.493 e. The number of hydrogen-bond donors (Lipinski definition) is 1. The third kappa shape index (κ3) is 6.80. The molecule has 6 heteroatoms. The van der Waals surface area contributed by atoms with E-state index in [2.05, 4.69) is 29.3 Å². The van der Waals surface area contributed by atoms with Gasteiger partial charge in [-0.05, 0) is 35.7 Å². The van der Waals surface area contributed by atoms with Crippen molar-refractivity contribution < 1.29 is 9.47 Å². The quantitative estimate of drug-likeness (QED) is 0.306. The summed E-state index contributed by atoms with van der Waals surface area (Å²) >= 11 is 1.46. The number of benzene rings is 2. The Morgan fingerprint density at radius 1 is 1.15 bits per heavy atom. The maximum Gasteiger partial charge on any atom is 0.180 e. The van der Waals surface area contributed by atoms with E-state index in [1.807, 2.05) is 36.4 Å². The molecule has 0 unspecified atom stereocenters. The first-order valence-corrected chi connectivity index (χ1v) is 9.55. The molecule has 0 aromatic heterocycles. The zero-order chi connectivity index (χ0) is 18.6. The Morgan fingerprint density at radius 2 is 1.96 bits per heavy atom. The van der Waals surface area contributed by atoms with Crippen LogP contribution in [0.5, 0.6) is 11.5 Å². The first-order valence-electron chi connectivity index (χ1n) is 8.57. The van der Waals surface area contributed by atoms with E-state index >= 15 is 0 Å². The van der Waals surface area contributed by atoms with E-state index < -0.39 is 0 Å². The van der Waals surface area contributed by atoms with E-state index in [4.69, 9.17) is 15.2 Å². The van der Waals surface area contributed by atoms with Crippen LogP contribution in [0.3, 0.4) is 0 Å². The lowest BCUT2D eigenvalue weighted by Crippen LogP contribution is -2.06. The summed E-state index contributed by atoms with van der Waals surface area (Å²) in [6.07, 6.45) is 3.75. The topological polar surface area (TPSA) is 69.2 Å². The van der Waals surface area contributed by atoms with Crippen LogP contribution in [0.25, 0.3) is 0 Å². The standard InChI is InChI=1S/C20H25N3O2S/c1-3-4-12-25-18-11-10-17(13-19(18)24-2)14-22-23-20(21)26-15-16-8-6-5-7-9-16/h5-11,13-14H,3-4,12,15H2,1-2H3,(H2,21,23). The Hall–Kier alpha value is -2.47. The Morgan fingerprint density at radius 3 is 2.69 bits per heavy atom. The Bertz CT molecular complexity index is 733. The van der Waals surface area contributed by atoms with Gasteiger partial charge >= 0.3 is 0 Å². The molecule has 0 heterocycles. The lowest BCUT2D eigenvalue weighted by Gasteiger charge is -2.10. The van der Waals surface area contributed by atoms with Crippen LogP contribution in [0.1, 0.15) is 30.9 Å². The molecule has 2 rings (SSSR count). The molecule has 2 aromatic rings. The van der Waals surface area contributed by atoms with Gasteiger partial charge in [0, 0.05) is 5.75 Å². The SMILES string of the molecule is CCCCOc1ccc(C=NN=C(N)SCc2ccccc2)cc1OC. The summed E-state index contributed by atoms with van der Waals surface area (Å²) in [5, 5.41) is 8.51. The molecule has 0 amide bonds. The molecule has 26 heavy (non-hydrogen) atoms. The van der Waals surface area contributed by atoms with Gasteiger partial charge in [0.05, 0.1) is 19.9 Å². The minimum Gasteiger partial charge on any atom is -0.493 e. The zero-order valence-electron chi connectivity index (χ0n) is 15.2. The molecule has 5 nitrogen and oxygen atoms in total. The van der Waals surface area contributed by atoms with Gasteiger partial charge in [-0.25, -0.2) is 0 Å². The van der Waals surface area contributed by atoms with Gasteiger partial charge in [0.1, 0.15) is 0 Å². The Balaban J connectivity index is 1.91. The highest BCUT2D eigenvalue weighted by Gasteiger charge is 2.04. The third-order valence-corrected chi connectivity index (χ3v) is 4.39. The van der Waals surface area contributed by atoms with Crippen LogP contribution < -0.4 is 15.2 Å². The van der Waals surface area contributed by atoms with E-state index in [1.54, 1.807) is 13.3 Å². The van der Waals surface area contributed by atoms with Crippen LogP contribution in [0, 0.1) is 0 Å². The molecular formula is C20H25N3O2S. The van der Waals surface area contributed by atoms with Crippen molar-refractivity contribution in [2.75, 3.05) is 13.7 Å². The molecule has 0 aliphatic rings. The van der Waals surface area contributed by atoms with Crippen LogP contribution >= 0.6 is 11.8 Å². The molecule has 0 aliphatic carbocycles. The molecule has 2 N–H and O–H groups in total. The van der Waals surface area contributed by atoms with Crippen molar-refractivity contribution in [2.45, 2.75) is 25.5 Å². The van der Waals surface area contributed by atoms with Gasteiger partial charge in [-0.15, -0.1) is 5.10 Å². The van der Waals surface area contributed by atoms with Crippen LogP contribution in [-0.2, 0) is 5.75 Å². The van der Waals surface area contributed by atoms with E-state index in [1.165, 1.54) is 17.3 Å². The summed E-state index contributed by atoms with van der Waals surface area (Å²) in [6, 6.07) is 15.8. The average molecular weight is 372 g/mol. The van der Waals surface area contributed by atoms with Crippen molar-refractivity contribution in [1.82, 2.24) is 0 Å². The van der Waals surface area contributed by atoms with Crippen molar-refractivity contribution in [2.24, 2.45) is 15.9 Å². The van der Waals surface area contributed by atoms with Gasteiger partial charge in [-0.3, -0.25) is 0 Å². The van der Waals surface area contributed by atoms with E-state index in [0.717, 1.165) is 29.9 Å². The number of thioether (sulfide) groups is 1. The fraction of sp³-hybridized carbons (Fsp3) is 0.300. The van der Waals surface area contributed by atoms with Crippen LogP contribution in [0.2, 0.25) is 0 Å². The second kappa shape index (κ2) is 11.2. The second-order valence-corrected chi connectivity index (χ2v) is 6.57. The molecule has 0 aliphatic heterocycles. The number of methoxy groups -OCH3 is 1. The molecule has 138 valence electrons. The van der Waals surface area contributed by atoms with Gasteiger partial charge < -0.3 is 15.2 Å². The predicted molar refractivity (Wildman–Crippen MR) is 110 cm³/mol. The number of nitrogens with two attached hydrogens (primary N) is 1. The van der Waals surface area contributed by atoms with Gasteiger partial charge in [-0.1, -0.05) is 55.4 Å². The smallest absolute Gasteiger partial charge is 0.180 e. The summed E-state index contributed by atoms with van der Waals surface area (Å²) in [5.74, 6) is 2.18. The van der Waals surface area contributed by atoms with Crippen molar-refractivity contribution >= 4 is 23.1 Å². The first kappa shape index (κ1) is 19.8. The number of hydrogen-bond acceptors (Lipinski definition) is 5. The normalized spacial score (nSPS) is 11.7. The van der Waals surface area contributed by atoms with Gasteiger partial charge in [0.2, 0.25) is 0 Å².